The Balaban J connectivity index is 1.68. The van der Waals surface area contributed by atoms with Crippen molar-refractivity contribution in [2.45, 2.75) is 82.8 Å². The molecule has 3 N–H and O–H groups in total. The minimum atomic E-state index is -4.48. The molecule has 38 heavy (non-hydrogen) atoms. The molecule has 4 rings (SSSR count). The number of rotatable bonds is 7. The highest BCUT2D eigenvalue weighted by Crippen LogP contribution is 2.38. The van der Waals surface area contributed by atoms with Gasteiger partial charge in [-0.05, 0) is 44.7 Å². The van der Waals surface area contributed by atoms with Gasteiger partial charge in [0.2, 0.25) is 0 Å². The summed E-state index contributed by atoms with van der Waals surface area (Å²) in [5.41, 5.74) is 0.588. The highest BCUT2D eigenvalue weighted by molar-refractivity contribution is 7.17. The maximum absolute atomic E-state index is 14.0. The molecular weight excluding hydrogens is 533 g/mol. The van der Waals surface area contributed by atoms with Gasteiger partial charge in [-0.15, -0.1) is 11.3 Å². The molecule has 0 bridgehead atoms. The van der Waals surface area contributed by atoms with Crippen molar-refractivity contribution in [3.63, 3.8) is 0 Å². The number of halogens is 5. The predicted molar refractivity (Wildman–Crippen MR) is 130 cm³/mol. The van der Waals surface area contributed by atoms with Crippen LogP contribution >= 0.6 is 11.3 Å². The highest BCUT2D eigenvalue weighted by Gasteiger charge is 2.46. The number of carbonyl (C=O) groups excluding carboxylic acids is 2. The zero-order valence-corrected chi connectivity index (χ0v) is 21.7. The molecule has 2 fully saturated rings. The van der Waals surface area contributed by atoms with Gasteiger partial charge in [-0.1, -0.05) is 6.92 Å². The fourth-order valence-electron chi connectivity index (χ4n) is 4.58. The van der Waals surface area contributed by atoms with E-state index < -0.39 is 55.1 Å². The molecular formula is C24H28F5N5O3S. The quantitative estimate of drug-likeness (QED) is 0.433. The summed E-state index contributed by atoms with van der Waals surface area (Å²) in [5.74, 6) is -4.44. The van der Waals surface area contributed by atoms with Crippen molar-refractivity contribution < 1.29 is 36.6 Å². The third-order valence-electron chi connectivity index (χ3n) is 6.74. The van der Waals surface area contributed by atoms with Crippen LogP contribution in [-0.2, 0) is 0 Å². The van der Waals surface area contributed by atoms with E-state index >= 15 is 0 Å². The van der Waals surface area contributed by atoms with Crippen LogP contribution in [0.15, 0.2) is 12.3 Å². The maximum Gasteiger partial charge on any atom is 0.408 e. The number of nitrogens with one attached hydrogen (secondary N) is 2. The lowest BCUT2D eigenvalue weighted by Gasteiger charge is -2.31. The van der Waals surface area contributed by atoms with E-state index in [1.54, 1.807) is 6.92 Å². The minimum Gasteiger partial charge on any atom is -0.393 e. The van der Waals surface area contributed by atoms with E-state index in [0.29, 0.717) is 24.0 Å². The van der Waals surface area contributed by atoms with Gasteiger partial charge in [0.15, 0.2) is 5.01 Å². The molecule has 1 saturated carbocycles. The third-order valence-corrected chi connectivity index (χ3v) is 7.83. The molecule has 208 valence electrons. The molecule has 8 nitrogen and oxygen atoms in total. The fraction of sp³-hybridized carbons (Fsp3) is 0.583. The molecule has 14 heteroatoms. The van der Waals surface area contributed by atoms with Gasteiger partial charge < -0.3 is 20.6 Å². The van der Waals surface area contributed by atoms with Crippen LogP contribution in [0.2, 0.25) is 0 Å². The Bertz CT molecular complexity index is 1210. The molecule has 0 radical (unpaired) electrons. The first-order valence-electron chi connectivity index (χ1n) is 12.2. The van der Waals surface area contributed by atoms with Crippen LogP contribution in [0.5, 0.6) is 0 Å². The summed E-state index contributed by atoms with van der Waals surface area (Å²) in [6.07, 6.45) is -3.67. The average Bonchev–Trinajstić information content (AvgIpc) is 3.35. The lowest BCUT2D eigenvalue weighted by Crippen LogP contribution is -2.46. The maximum atomic E-state index is 14.0. The lowest BCUT2D eigenvalue weighted by molar-refractivity contribution is -0.142. The molecule has 0 spiro atoms. The molecule has 2 aromatic rings. The number of alkyl halides is 5. The number of carbonyl (C=O) groups is 2. The van der Waals surface area contributed by atoms with Gasteiger partial charge >= 0.3 is 6.18 Å². The normalized spacial score (nSPS) is 23.6. The first-order chi connectivity index (χ1) is 17.7. The number of hydrogen-bond acceptors (Lipinski definition) is 7. The topological polar surface area (TPSA) is 107 Å². The molecule has 2 aromatic heterocycles. The number of aromatic nitrogens is 2. The standard InChI is InChI=1S/C24H28F5N5O3S/c1-4-16(24(27,28)29)32-17-5-11(2)15(9-30-17)19-18(22(37)34-10-23(25,26)8-12(34)3)33-21(38-19)20(36)31-13-6-14(35)7-13/h5,9,12-14,16,35H,4,6-8,10H2,1-3H3,(H,30,32)(H,31,36)/t12-,13?,14?,16-/m0/s1. The number of aliphatic hydroxyl groups excluding tert-OH is 1. The Morgan fingerprint density at radius 3 is 2.53 bits per heavy atom. The molecule has 2 amide bonds. The second-order valence-corrected chi connectivity index (χ2v) is 10.9. The fourth-order valence-corrected chi connectivity index (χ4v) is 5.62. The summed E-state index contributed by atoms with van der Waals surface area (Å²) in [6, 6.07) is -1.44. The first kappa shape index (κ1) is 28.1. The number of aryl methyl sites for hydroxylation is 1. The Kier molecular flexibility index (Phi) is 7.67. The van der Waals surface area contributed by atoms with Crippen molar-refractivity contribution in [1.82, 2.24) is 20.2 Å². The number of nitrogens with zero attached hydrogens (tertiary/aromatic N) is 3. The second kappa shape index (κ2) is 10.4. The summed E-state index contributed by atoms with van der Waals surface area (Å²) in [6.45, 7) is 3.70. The van der Waals surface area contributed by atoms with Crippen molar-refractivity contribution in [3.05, 3.63) is 28.5 Å². The van der Waals surface area contributed by atoms with E-state index in [1.165, 1.54) is 26.1 Å². The van der Waals surface area contributed by atoms with Crippen molar-refractivity contribution in [3.8, 4) is 10.4 Å². The lowest BCUT2D eigenvalue weighted by atomic mass is 9.89. The van der Waals surface area contributed by atoms with Crippen LogP contribution in [0.1, 0.15) is 65.4 Å². The number of aliphatic hydroxyl groups is 1. The molecule has 1 aliphatic carbocycles. The molecule has 1 saturated heterocycles. The van der Waals surface area contributed by atoms with Crippen molar-refractivity contribution in [2.24, 2.45) is 0 Å². The number of thiazole rings is 1. The van der Waals surface area contributed by atoms with E-state index in [0.717, 1.165) is 16.2 Å². The smallest absolute Gasteiger partial charge is 0.393 e. The van der Waals surface area contributed by atoms with Gasteiger partial charge in [0, 0.05) is 30.3 Å². The van der Waals surface area contributed by atoms with Crippen LogP contribution in [0, 0.1) is 6.92 Å². The minimum absolute atomic E-state index is 0.0258. The highest BCUT2D eigenvalue weighted by atomic mass is 32.1. The summed E-state index contributed by atoms with van der Waals surface area (Å²) < 4.78 is 67.7. The predicted octanol–water partition coefficient (Wildman–Crippen LogP) is 4.39. The van der Waals surface area contributed by atoms with Crippen molar-refractivity contribution in [2.75, 3.05) is 11.9 Å². The first-order valence-corrected chi connectivity index (χ1v) is 13.0. The van der Waals surface area contributed by atoms with E-state index in [-0.39, 0.29) is 33.9 Å². The zero-order chi connectivity index (χ0) is 28.0. The molecule has 2 aliphatic rings. The van der Waals surface area contributed by atoms with E-state index in [9.17, 15) is 36.6 Å². The monoisotopic (exact) mass is 561 g/mol. The van der Waals surface area contributed by atoms with E-state index in [4.69, 9.17) is 0 Å². The van der Waals surface area contributed by atoms with Gasteiger partial charge in [0.05, 0.1) is 17.5 Å². The van der Waals surface area contributed by atoms with E-state index in [2.05, 4.69) is 20.6 Å². The molecule has 0 aromatic carbocycles. The third kappa shape index (κ3) is 5.90. The largest absolute Gasteiger partial charge is 0.408 e. The molecule has 2 atom stereocenters. The van der Waals surface area contributed by atoms with Crippen LogP contribution in [0.4, 0.5) is 27.8 Å². The molecule has 3 heterocycles. The van der Waals surface area contributed by atoms with Gasteiger partial charge in [0.25, 0.3) is 17.7 Å². The summed E-state index contributed by atoms with van der Waals surface area (Å²) in [4.78, 5) is 35.7. The van der Waals surface area contributed by atoms with Crippen LogP contribution in [0.3, 0.4) is 0 Å². The summed E-state index contributed by atoms with van der Waals surface area (Å²) >= 11 is 0.868. The van der Waals surface area contributed by atoms with Gasteiger partial charge in [-0.3, -0.25) is 9.59 Å². The number of pyridine rings is 1. The van der Waals surface area contributed by atoms with Crippen LogP contribution < -0.4 is 10.6 Å². The Hall–Kier alpha value is -2.87. The number of amides is 2. The van der Waals surface area contributed by atoms with Crippen molar-refractivity contribution >= 4 is 29.0 Å². The summed E-state index contributed by atoms with van der Waals surface area (Å²) in [5, 5.41) is 14.5. The van der Waals surface area contributed by atoms with Gasteiger partial charge in [-0.2, -0.15) is 13.2 Å². The number of hydrogen-bond donors (Lipinski definition) is 3. The zero-order valence-electron chi connectivity index (χ0n) is 20.9. The number of likely N-dealkylation sites (tertiary alicyclic amines) is 1. The molecule has 1 aliphatic heterocycles. The SMILES string of the molecule is CC[C@H](Nc1cc(C)c(-c2sc(C(=O)NC3CC(O)C3)nc2C(=O)N2CC(F)(F)C[C@@H]2C)cn1)C(F)(F)F. The summed E-state index contributed by atoms with van der Waals surface area (Å²) in [7, 11) is 0. The Morgan fingerprint density at radius 1 is 1.32 bits per heavy atom. The molecule has 0 unspecified atom stereocenters. The Morgan fingerprint density at radius 2 is 2.00 bits per heavy atom. The van der Waals surface area contributed by atoms with Gasteiger partial charge in [-0.25, -0.2) is 18.7 Å². The average molecular weight is 562 g/mol. The van der Waals surface area contributed by atoms with Crippen LogP contribution in [0.25, 0.3) is 10.4 Å². The number of anilines is 1. The second-order valence-electron chi connectivity index (χ2n) is 9.87. The van der Waals surface area contributed by atoms with Crippen molar-refractivity contribution in [1.29, 1.82) is 0 Å². The van der Waals surface area contributed by atoms with E-state index in [1.807, 2.05) is 0 Å². The van der Waals surface area contributed by atoms with Gasteiger partial charge in [0.1, 0.15) is 17.6 Å². The Labute approximate surface area is 219 Å². The van der Waals surface area contributed by atoms with Crippen LogP contribution in [-0.4, -0.2) is 74.7 Å².